The Hall–Kier alpha value is -0.600. The molecule has 4 nitrogen and oxygen atoms in total. The van der Waals surface area contributed by atoms with Crippen molar-refractivity contribution in [3.05, 3.63) is 0 Å². The van der Waals surface area contributed by atoms with Gasteiger partial charge in [0.25, 0.3) is 0 Å². The van der Waals surface area contributed by atoms with Crippen LogP contribution in [0.5, 0.6) is 0 Å². The quantitative estimate of drug-likeness (QED) is 0.497. The van der Waals surface area contributed by atoms with Gasteiger partial charge in [0.1, 0.15) is 6.61 Å². The lowest BCUT2D eigenvalue weighted by Crippen LogP contribution is -2.38. The lowest BCUT2D eigenvalue weighted by Gasteiger charge is -2.20. The van der Waals surface area contributed by atoms with Gasteiger partial charge in [0.05, 0.1) is 33.0 Å². The van der Waals surface area contributed by atoms with Crippen LogP contribution in [0.1, 0.15) is 41.5 Å². The Balaban J connectivity index is 3.21. The molecule has 1 N–H and O–H groups in total. The Morgan fingerprint density at radius 2 is 1.29 bits per heavy atom. The minimum Gasteiger partial charge on any atom is -0.378 e. The van der Waals surface area contributed by atoms with Crippen molar-refractivity contribution in [1.82, 2.24) is 5.32 Å². The Morgan fingerprint density at radius 3 is 1.81 bits per heavy atom. The summed E-state index contributed by atoms with van der Waals surface area (Å²) in [7, 11) is 0. The SMILES string of the molecule is CC(C)(C)C#CCOCCOCCOCCNC(C)(C)C. The summed E-state index contributed by atoms with van der Waals surface area (Å²) in [4.78, 5) is 0. The van der Waals surface area contributed by atoms with Crippen molar-refractivity contribution in [1.29, 1.82) is 0 Å². The first kappa shape index (κ1) is 20.4. The Labute approximate surface area is 130 Å². The highest BCUT2D eigenvalue weighted by Gasteiger charge is 2.06. The van der Waals surface area contributed by atoms with E-state index in [0.717, 1.165) is 6.54 Å². The van der Waals surface area contributed by atoms with E-state index in [1.807, 2.05) is 0 Å². The van der Waals surface area contributed by atoms with Gasteiger partial charge >= 0.3 is 0 Å². The van der Waals surface area contributed by atoms with E-state index in [-0.39, 0.29) is 11.0 Å². The molecule has 0 bridgehead atoms. The molecule has 4 heteroatoms. The summed E-state index contributed by atoms with van der Waals surface area (Å²) in [6.07, 6.45) is 0. The zero-order valence-electron chi connectivity index (χ0n) is 14.7. The zero-order valence-corrected chi connectivity index (χ0v) is 14.7. The third-order valence-electron chi connectivity index (χ3n) is 2.28. The van der Waals surface area contributed by atoms with Crippen molar-refractivity contribution in [2.24, 2.45) is 5.41 Å². The van der Waals surface area contributed by atoms with Crippen LogP contribution in [0.15, 0.2) is 0 Å². The second-order valence-electron chi connectivity index (χ2n) is 7.01. The first-order valence-corrected chi connectivity index (χ1v) is 7.69. The fourth-order valence-corrected chi connectivity index (χ4v) is 1.36. The first-order chi connectivity index (χ1) is 9.71. The molecule has 0 aliphatic rings. The van der Waals surface area contributed by atoms with Crippen molar-refractivity contribution >= 4 is 0 Å². The Bertz CT molecular complexity index is 305. The van der Waals surface area contributed by atoms with Crippen LogP contribution >= 0.6 is 0 Å². The van der Waals surface area contributed by atoms with Gasteiger partial charge in [-0.1, -0.05) is 11.8 Å². The van der Waals surface area contributed by atoms with Crippen molar-refractivity contribution in [3.63, 3.8) is 0 Å². The fourth-order valence-electron chi connectivity index (χ4n) is 1.36. The van der Waals surface area contributed by atoms with E-state index in [2.05, 4.69) is 58.7 Å². The molecule has 0 unspecified atom stereocenters. The van der Waals surface area contributed by atoms with E-state index in [1.165, 1.54) is 0 Å². The summed E-state index contributed by atoms with van der Waals surface area (Å²) >= 11 is 0. The van der Waals surface area contributed by atoms with Gasteiger partial charge in [-0.25, -0.2) is 0 Å². The van der Waals surface area contributed by atoms with Crippen molar-refractivity contribution in [2.45, 2.75) is 47.1 Å². The van der Waals surface area contributed by atoms with Crippen molar-refractivity contribution in [3.8, 4) is 11.8 Å². The van der Waals surface area contributed by atoms with Gasteiger partial charge in [-0.2, -0.15) is 0 Å². The van der Waals surface area contributed by atoms with Crippen LogP contribution in [-0.2, 0) is 14.2 Å². The second kappa shape index (κ2) is 11.0. The van der Waals surface area contributed by atoms with Gasteiger partial charge in [-0.15, -0.1) is 0 Å². The molecule has 0 saturated carbocycles. The van der Waals surface area contributed by atoms with Gasteiger partial charge in [0, 0.05) is 17.5 Å². The number of hydrogen-bond donors (Lipinski definition) is 1. The molecule has 0 aromatic carbocycles. The minimum absolute atomic E-state index is 0.0407. The number of nitrogens with one attached hydrogen (secondary N) is 1. The van der Waals surface area contributed by atoms with Crippen LogP contribution in [0.3, 0.4) is 0 Å². The molecule has 0 spiro atoms. The average molecular weight is 299 g/mol. The summed E-state index contributed by atoms with van der Waals surface area (Å²) in [5, 5.41) is 3.36. The first-order valence-electron chi connectivity index (χ1n) is 7.69. The fraction of sp³-hybridized carbons (Fsp3) is 0.882. The van der Waals surface area contributed by atoms with E-state index in [4.69, 9.17) is 14.2 Å². The average Bonchev–Trinajstić information content (AvgIpc) is 2.32. The number of rotatable bonds is 10. The predicted molar refractivity (Wildman–Crippen MR) is 87.4 cm³/mol. The lowest BCUT2D eigenvalue weighted by atomic mass is 9.98. The molecule has 0 amide bonds. The smallest absolute Gasteiger partial charge is 0.107 e. The molecular weight excluding hydrogens is 266 g/mol. The molecule has 0 fully saturated rings. The molecule has 0 aliphatic heterocycles. The standard InChI is InChI=1S/C17H33NO3/c1-16(2,3)8-7-10-19-12-14-21-15-13-20-11-9-18-17(4,5)6/h18H,9-15H2,1-6H3. The number of hydrogen-bond acceptors (Lipinski definition) is 4. The van der Waals surface area contributed by atoms with Gasteiger partial charge in [0.2, 0.25) is 0 Å². The van der Waals surface area contributed by atoms with E-state index < -0.39 is 0 Å². The van der Waals surface area contributed by atoms with E-state index >= 15 is 0 Å². The maximum atomic E-state index is 5.46. The molecule has 124 valence electrons. The van der Waals surface area contributed by atoms with E-state index in [0.29, 0.717) is 39.6 Å². The number of ether oxygens (including phenoxy) is 3. The van der Waals surface area contributed by atoms with E-state index in [1.54, 1.807) is 0 Å². The van der Waals surface area contributed by atoms with Crippen LogP contribution in [0.25, 0.3) is 0 Å². The zero-order chi connectivity index (χ0) is 16.2. The maximum Gasteiger partial charge on any atom is 0.107 e. The lowest BCUT2D eigenvalue weighted by molar-refractivity contribution is 0.0202. The minimum atomic E-state index is 0.0407. The summed E-state index contributed by atoms with van der Waals surface area (Å²) in [5.74, 6) is 6.12. The van der Waals surface area contributed by atoms with Crippen molar-refractivity contribution < 1.29 is 14.2 Å². The molecule has 0 rings (SSSR count). The highest BCUT2D eigenvalue weighted by Crippen LogP contribution is 2.09. The Kier molecular flexibility index (Phi) is 10.7. The molecule has 0 atom stereocenters. The van der Waals surface area contributed by atoms with Gasteiger partial charge in [-0.05, 0) is 41.5 Å². The largest absolute Gasteiger partial charge is 0.378 e. The highest BCUT2D eigenvalue weighted by molar-refractivity contribution is 5.07. The molecule has 0 heterocycles. The van der Waals surface area contributed by atoms with Crippen LogP contribution in [0, 0.1) is 17.3 Å². The van der Waals surface area contributed by atoms with Crippen LogP contribution in [-0.4, -0.2) is 51.7 Å². The van der Waals surface area contributed by atoms with Crippen molar-refractivity contribution in [2.75, 3.05) is 46.2 Å². The summed E-state index contributed by atoms with van der Waals surface area (Å²) in [6, 6.07) is 0. The monoisotopic (exact) mass is 299 g/mol. The molecule has 0 saturated heterocycles. The van der Waals surface area contributed by atoms with Crippen LogP contribution in [0.4, 0.5) is 0 Å². The van der Waals surface area contributed by atoms with Gasteiger partial charge < -0.3 is 19.5 Å². The summed E-state index contributed by atoms with van der Waals surface area (Å²) < 4.78 is 16.2. The molecule has 0 aliphatic carbocycles. The third-order valence-corrected chi connectivity index (χ3v) is 2.28. The molecular formula is C17H33NO3. The normalized spacial score (nSPS) is 12.1. The van der Waals surface area contributed by atoms with Gasteiger partial charge in [0.15, 0.2) is 0 Å². The van der Waals surface area contributed by atoms with Gasteiger partial charge in [-0.3, -0.25) is 0 Å². The topological polar surface area (TPSA) is 39.7 Å². The van der Waals surface area contributed by atoms with Crippen LogP contribution in [0.2, 0.25) is 0 Å². The van der Waals surface area contributed by atoms with E-state index in [9.17, 15) is 0 Å². The molecule has 0 radical (unpaired) electrons. The second-order valence-corrected chi connectivity index (χ2v) is 7.01. The van der Waals surface area contributed by atoms with Crippen LogP contribution < -0.4 is 5.32 Å². The Morgan fingerprint density at radius 1 is 0.762 bits per heavy atom. The predicted octanol–water partition coefficient (Wildman–Crippen LogP) is 2.47. The third kappa shape index (κ3) is 19.4. The highest BCUT2D eigenvalue weighted by atomic mass is 16.5. The molecule has 21 heavy (non-hydrogen) atoms. The molecule has 0 aromatic heterocycles. The maximum absolute atomic E-state index is 5.46. The molecule has 0 aromatic rings. The summed E-state index contributed by atoms with van der Waals surface area (Å²) in [6.45, 7) is 17.1. The summed E-state index contributed by atoms with van der Waals surface area (Å²) in [5.41, 5.74) is 0.187.